The largest absolute Gasteiger partial charge is 0.351 e. The summed E-state index contributed by atoms with van der Waals surface area (Å²) in [7, 11) is 0. The maximum atomic E-state index is 12.4. The molecule has 1 aromatic heterocycles. The van der Waals surface area contributed by atoms with Gasteiger partial charge in [-0.05, 0) is 32.6 Å². The van der Waals surface area contributed by atoms with Gasteiger partial charge in [-0.2, -0.15) is 0 Å². The number of piperidine rings is 1. The van der Waals surface area contributed by atoms with E-state index in [1.807, 2.05) is 18.7 Å². The Kier molecular flexibility index (Phi) is 6.57. The summed E-state index contributed by atoms with van der Waals surface area (Å²) in [4.78, 5) is 31.7. The van der Waals surface area contributed by atoms with Crippen LogP contribution in [0.5, 0.6) is 0 Å². The van der Waals surface area contributed by atoms with Crippen molar-refractivity contribution in [1.29, 1.82) is 0 Å². The Morgan fingerprint density at radius 2 is 2.17 bits per heavy atom. The molecule has 0 saturated carbocycles. The zero-order valence-electron chi connectivity index (χ0n) is 14.4. The molecule has 6 heteroatoms. The number of thiazole rings is 1. The van der Waals surface area contributed by atoms with Crippen molar-refractivity contribution in [2.45, 2.75) is 59.4 Å². The molecule has 1 atom stereocenters. The average molecular weight is 337 g/mol. The number of amides is 2. The Balaban J connectivity index is 1.88. The smallest absolute Gasteiger partial charge is 0.225 e. The minimum Gasteiger partial charge on any atom is -0.351 e. The van der Waals surface area contributed by atoms with E-state index in [0.717, 1.165) is 47.8 Å². The average Bonchev–Trinajstić information content (AvgIpc) is 2.92. The molecule has 2 rings (SSSR count). The lowest BCUT2D eigenvalue weighted by atomic mass is 9.97. The summed E-state index contributed by atoms with van der Waals surface area (Å²) >= 11 is 1.69. The Bertz CT molecular complexity index is 556. The van der Waals surface area contributed by atoms with E-state index >= 15 is 0 Å². The fraction of sp³-hybridized carbons (Fsp3) is 0.706. The molecule has 2 amide bonds. The molecule has 5 nitrogen and oxygen atoms in total. The van der Waals surface area contributed by atoms with Crippen molar-refractivity contribution >= 4 is 23.2 Å². The van der Waals surface area contributed by atoms with E-state index in [9.17, 15) is 9.59 Å². The minimum absolute atomic E-state index is 0.0587. The number of aryl methyl sites for hydroxylation is 2. The summed E-state index contributed by atoms with van der Waals surface area (Å²) in [5, 5.41) is 4.18. The first kappa shape index (κ1) is 17.9. The molecule has 128 valence electrons. The summed E-state index contributed by atoms with van der Waals surface area (Å²) < 4.78 is 0. The molecule has 0 radical (unpaired) electrons. The van der Waals surface area contributed by atoms with Gasteiger partial charge in [0.2, 0.25) is 11.8 Å². The number of likely N-dealkylation sites (tertiary alicyclic amines) is 1. The van der Waals surface area contributed by atoms with Gasteiger partial charge in [0.05, 0.1) is 23.2 Å². The number of carbonyl (C=O) groups excluding carboxylic acids is 2. The molecule has 0 aromatic carbocycles. The highest BCUT2D eigenvalue weighted by molar-refractivity contribution is 7.11. The molecular weight excluding hydrogens is 310 g/mol. The molecule has 23 heavy (non-hydrogen) atoms. The Hall–Kier alpha value is -1.43. The third kappa shape index (κ3) is 4.77. The highest BCUT2D eigenvalue weighted by Crippen LogP contribution is 2.21. The van der Waals surface area contributed by atoms with Gasteiger partial charge in [0.25, 0.3) is 0 Å². The molecule has 1 aliphatic rings. The Morgan fingerprint density at radius 1 is 1.39 bits per heavy atom. The predicted molar refractivity (Wildman–Crippen MR) is 92.3 cm³/mol. The molecule has 0 unspecified atom stereocenters. The summed E-state index contributed by atoms with van der Waals surface area (Å²) in [6, 6.07) is 0. The molecular formula is C17H27N3O2S. The van der Waals surface area contributed by atoms with Crippen LogP contribution in [-0.2, 0) is 22.6 Å². The van der Waals surface area contributed by atoms with E-state index in [1.165, 1.54) is 0 Å². The first-order chi connectivity index (χ1) is 11.0. The fourth-order valence-corrected chi connectivity index (χ4v) is 4.04. The van der Waals surface area contributed by atoms with Gasteiger partial charge in [-0.25, -0.2) is 4.98 Å². The van der Waals surface area contributed by atoms with Crippen molar-refractivity contribution in [3.8, 4) is 0 Å². The first-order valence-electron chi connectivity index (χ1n) is 8.55. The van der Waals surface area contributed by atoms with E-state index in [2.05, 4.69) is 17.2 Å². The van der Waals surface area contributed by atoms with Crippen LogP contribution in [0.2, 0.25) is 0 Å². The quantitative estimate of drug-likeness (QED) is 0.868. The van der Waals surface area contributed by atoms with E-state index in [1.54, 1.807) is 11.3 Å². The summed E-state index contributed by atoms with van der Waals surface area (Å²) in [5.74, 6) is 0.121. The zero-order chi connectivity index (χ0) is 16.8. The van der Waals surface area contributed by atoms with E-state index in [0.29, 0.717) is 19.5 Å². The van der Waals surface area contributed by atoms with Crippen LogP contribution in [0.3, 0.4) is 0 Å². The summed E-state index contributed by atoms with van der Waals surface area (Å²) in [6.45, 7) is 7.90. The highest BCUT2D eigenvalue weighted by atomic mass is 32.1. The fourth-order valence-electron chi connectivity index (χ4n) is 2.93. The van der Waals surface area contributed by atoms with Crippen LogP contribution in [0.15, 0.2) is 0 Å². The molecule has 0 spiro atoms. The molecule has 1 aliphatic heterocycles. The van der Waals surface area contributed by atoms with E-state index in [4.69, 9.17) is 0 Å². The van der Waals surface area contributed by atoms with Crippen molar-refractivity contribution in [3.63, 3.8) is 0 Å². The van der Waals surface area contributed by atoms with Gasteiger partial charge >= 0.3 is 0 Å². The summed E-state index contributed by atoms with van der Waals surface area (Å²) in [6.07, 6.45) is 4.36. The van der Waals surface area contributed by atoms with Crippen LogP contribution >= 0.6 is 11.3 Å². The van der Waals surface area contributed by atoms with Crippen LogP contribution < -0.4 is 5.32 Å². The Labute approximate surface area is 142 Å². The normalized spacial score (nSPS) is 18.0. The molecule has 1 saturated heterocycles. The standard InChI is InChI=1S/C17H27N3O2S/c1-4-7-15-19-12(3)14(23-15)10-18-17(22)13-8-6-9-20(11-13)16(21)5-2/h13H,4-11H2,1-3H3,(H,18,22)/t13-/m1/s1. The van der Waals surface area contributed by atoms with Gasteiger partial charge in [0.1, 0.15) is 0 Å². The van der Waals surface area contributed by atoms with Crippen LogP contribution in [-0.4, -0.2) is 34.8 Å². The van der Waals surface area contributed by atoms with Crippen molar-refractivity contribution in [1.82, 2.24) is 15.2 Å². The number of hydrogen-bond acceptors (Lipinski definition) is 4. The lowest BCUT2D eigenvalue weighted by molar-refractivity contribution is -0.135. The predicted octanol–water partition coefficient (Wildman–Crippen LogP) is 2.67. The number of carbonyl (C=O) groups is 2. The maximum absolute atomic E-state index is 12.4. The molecule has 1 aromatic rings. The Morgan fingerprint density at radius 3 is 2.87 bits per heavy atom. The molecule has 0 bridgehead atoms. The third-order valence-electron chi connectivity index (χ3n) is 4.27. The maximum Gasteiger partial charge on any atom is 0.225 e. The number of hydrogen-bond donors (Lipinski definition) is 1. The molecule has 1 fully saturated rings. The lowest BCUT2D eigenvalue weighted by Gasteiger charge is -2.31. The number of rotatable bonds is 6. The second-order valence-corrected chi connectivity index (χ2v) is 7.28. The second-order valence-electron chi connectivity index (χ2n) is 6.12. The minimum atomic E-state index is -0.0809. The van der Waals surface area contributed by atoms with Crippen LogP contribution in [0.25, 0.3) is 0 Å². The van der Waals surface area contributed by atoms with Gasteiger partial charge in [-0.1, -0.05) is 13.8 Å². The van der Waals surface area contributed by atoms with Gasteiger partial charge in [0.15, 0.2) is 0 Å². The first-order valence-corrected chi connectivity index (χ1v) is 9.37. The third-order valence-corrected chi connectivity index (χ3v) is 5.49. The second kappa shape index (κ2) is 8.43. The van der Waals surface area contributed by atoms with Gasteiger partial charge < -0.3 is 10.2 Å². The van der Waals surface area contributed by atoms with Gasteiger partial charge in [0, 0.05) is 24.4 Å². The number of aromatic nitrogens is 1. The van der Waals surface area contributed by atoms with Crippen molar-refractivity contribution in [2.75, 3.05) is 13.1 Å². The van der Waals surface area contributed by atoms with Gasteiger partial charge in [-0.15, -0.1) is 11.3 Å². The summed E-state index contributed by atoms with van der Waals surface area (Å²) in [5.41, 5.74) is 1.02. The van der Waals surface area contributed by atoms with Crippen LogP contribution in [0.1, 0.15) is 55.1 Å². The molecule has 0 aliphatic carbocycles. The molecule has 1 N–H and O–H groups in total. The lowest BCUT2D eigenvalue weighted by Crippen LogP contribution is -2.45. The SMILES string of the molecule is CCCc1nc(C)c(CNC(=O)[C@@H]2CCCN(C(=O)CC)C2)s1. The van der Waals surface area contributed by atoms with Crippen LogP contribution in [0, 0.1) is 12.8 Å². The molecule has 2 heterocycles. The van der Waals surface area contributed by atoms with Crippen LogP contribution in [0.4, 0.5) is 0 Å². The number of nitrogens with zero attached hydrogens (tertiary/aromatic N) is 2. The van der Waals surface area contributed by atoms with Crippen molar-refractivity contribution in [3.05, 3.63) is 15.6 Å². The van der Waals surface area contributed by atoms with Crippen molar-refractivity contribution in [2.24, 2.45) is 5.92 Å². The van der Waals surface area contributed by atoms with Crippen molar-refractivity contribution < 1.29 is 9.59 Å². The zero-order valence-corrected chi connectivity index (χ0v) is 15.2. The van der Waals surface area contributed by atoms with E-state index < -0.39 is 0 Å². The highest BCUT2D eigenvalue weighted by Gasteiger charge is 2.27. The topological polar surface area (TPSA) is 62.3 Å². The van der Waals surface area contributed by atoms with E-state index in [-0.39, 0.29) is 17.7 Å². The monoisotopic (exact) mass is 337 g/mol. The number of nitrogens with one attached hydrogen (secondary N) is 1. The van der Waals surface area contributed by atoms with Gasteiger partial charge in [-0.3, -0.25) is 9.59 Å².